The zero-order valence-corrected chi connectivity index (χ0v) is 8.71. The van der Waals surface area contributed by atoms with E-state index in [1.165, 1.54) is 11.8 Å². The molecule has 1 heterocycles. The number of fused-ring (bicyclic) bond motifs is 1. The molecule has 5 heteroatoms. The molecule has 0 saturated heterocycles. The molecule has 13 heavy (non-hydrogen) atoms. The van der Waals surface area contributed by atoms with Crippen molar-refractivity contribution < 1.29 is 4.79 Å². The molecule has 0 fully saturated rings. The summed E-state index contributed by atoms with van der Waals surface area (Å²) in [4.78, 5) is 12.1. The van der Waals surface area contributed by atoms with Crippen LogP contribution in [-0.2, 0) is 4.79 Å². The lowest BCUT2D eigenvalue weighted by atomic mass is 10.3. The normalized spacial score (nSPS) is 20.8. The van der Waals surface area contributed by atoms with Crippen LogP contribution in [0.15, 0.2) is 23.1 Å². The molecular weight excluding hydrogens is 229 g/mol. The molecule has 0 saturated carbocycles. The van der Waals surface area contributed by atoms with Gasteiger partial charge in [-0.25, -0.2) is 0 Å². The molecule has 1 aliphatic rings. The Balaban J connectivity index is 2.42. The summed E-state index contributed by atoms with van der Waals surface area (Å²) in [5, 5.41) is 3.28. The van der Waals surface area contributed by atoms with E-state index >= 15 is 0 Å². The Morgan fingerprint density at radius 1 is 1.46 bits per heavy atom. The summed E-state index contributed by atoms with van der Waals surface area (Å²) in [6.45, 7) is 0. The van der Waals surface area contributed by atoms with Crippen LogP contribution in [0.4, 0.5) is 5.69 Å². The number of nitrogens with one attached hydrogen (secondary N) is 1. The van der Waals surface area contributed by atoms with Gasteiger partial charge in [0.1, 0.15) is 0 Å². The van der Waals surface area contributed by atoms with Crippen molar-refractivity contribution in [2.45, 2.75) is 9.60 Å². The van der Waals surface area contributed by atoms with Gasteiger partial charge >= 0.3 is 0 Å². The standard InChI is InChI=1S/C8H5Cl2NOS/c9-4-1-2-6-5(3-4)11-8(12)7(10)13-6/h1-3,7H,(H,11,12). The van der Waals surface area contributed by atoms with Gasteiger partial charge in [0.05, 0.1) is 5.69 Å². The molecule has 1 unspecified atom stereocenters. The molecule has 2 rings (SSSR count). The molecule has 1 N–H and O–H groups in total. The molecule has 1 aliphatic heterocycles. The van der Waals surface area contributed by atoms with E-state index in [0.29, 0.717) is 5.02 Å². The Bertz CT molecular complexity index is 369. The Morgan fingerprint density at radius 3 is 3.00 bits per heavy atom. The van der Waals surface area contributed by atoms with E-state index in [0.717, 1.165) is 10.6 Å². The highest BCUT2D eigenvalue weighted by Crippen LogP contribution is 2.38. The van der Waals surface area contributed by atoms with Crippen LogP contribution in [-0.4, -0.2) is 10.6 Å². The molecule has 2 nitrogen and oxygen atoms in total. The molecule has 1 aromatic rings. The molecule has 0 aliphatic carbocycles. The average Bonchev–Trinajstić information content (AvgIpc) is 2.08. The third-order valence-electron chi connectivity index (χ3n) is 1.64. The molecule has 0 radical (unpaired) electrons. The van der Waals surface area contributed by atoms with E-state index in [1.54, 1.807) is 12.1 Å². The van der Waals surface area contributed by atoms with Crippen molar-refractivity contribution in [3.63, 3.8) is 0 Å². The highest BCUT2D eigenvalue weighted by atomic mass is 35.5. The van der Waals surface area contributed by atoms with Crippen molar-refractivity contribution in [2.75, 3.05) is 5.32 Å². The first-order valence-electron chi connectivity index (χ1n) is 3.58. The molecule has 1 amide bonds. The lowest BCUT2D eigenvalue weighted by molar-refractivity contribution is -0.114. The van der Waals surface area contributed by atoms with Crippen LogP contribution >= 0.6 is 35.0 Å². The Kier molecular flexibility index (Phi) is 2.41. The lowest BCUT2D eigenvalue weighted by Crippen LogP contribution is -2.24. The first-order valence-corrected chi connectivity index (χ1v) is 5.27. The monoisotopic (exact) mass is 233 g/mol. The number of alkyl halides is 1. The fourth-order valence-electron chi connectivity index (χ4n) is 1.06. The third kappa shape index (κ3) is 1.77. The van der Waals surface area contributed by atoms with Crippen LogP contribution in [0.25, 0.3) is 0 Å². The first-order chi connectivity index (χ1) is 6.16. The van der Waals surface area contributed by atoms with Crippen molar-refractivity contribution >= 4 is 46.6 Å². The number of halogens is 2. The van der Waals surface area contributed by atoms with Gasteiger partial charge in [0.2, 0.25) is 0 Å². The number of rotatable bonds is 0. The lowest BCUT2D eigenvalue weighted by Gasteiger charge is -2.19. The third-order valence-corrected chi connectivity index (χ3v) is 3.37. The van der Waals surface area contributed by atoms with Gasteiger partial charge in [-0.2, -0.15) is 0 Å². The second kappa shape index (κ2) is 3.40. The fourth-order valence-corrected chi connectivity index (χ4v) is 2.34. The number of anilines is 1. The summed E-state index contributed by atoms with van der Waals surface area (Å²) in [6.07, 6.45) is 0. The number of carbonyl (C=O) groups excluding carboxylic acids is 1. The summed E-state index contributed by atoms with van der Waals surface area (Å²) < 4.78 is -0.548. The molecule has 1 aromatic carbocycles. The highest BCUT2D eigenvalue weighted by molar-refractivity contribution is 8.02. The smallest absolute Gasteiger partial charge is 0.253 e. The molecular formula is C8H5Cl2NOS. The topological polar surface area (TPSA) is 29.1 Å². The molecule has 0 spiro atoms. The van der Waals surface area contributed by atoms with Crippen LogP contribution in [0.2, 0.25) is 5.02 Å². The number of benzene rings is 1. The summed E-state index contributed by atoms with van der Waals surface area (Å²) in [7, 11) is 0. The number of thioether (sulfide) groups is 1. The van der Waals surface area contributed by atoms with Crippen LogP contribution in [0, 0.1) is 0 Å². The van der Waals surface area contributed by atoms with Gasteiger partial charge in [0.25, 0.3) is 5.91 Å². The molecule has 68 valence electrons. The summed E-state index contributed by atoms with van der Waals surface area (Å²) in [5.74, 6) is -0.193. The summed E-state index contributed by atoms with van der Waals surface area (Å²) in [6, 6.07) is 5.33. The minimum Gasteiger partial charge on any atom is -0.323 e. The summed E-state index contributed by atoms with van der Waals surface area (Å²) in [5.41, 5.74) is 0.736. The predicted molar refractivity (Wildman–Crippen MR) is 55.6 cm³/mol. The SMILES string of the molecule is O=C1Nc2cc(Cl)ccc2SC1Cl. The van der Waals surface area contributed by atoms with Gasteiger partial charge in [-0.3, -0.25) is 4.79 Å². The van der Waals surface area contributed by atoms with Gasteiger partial charge in [-0.05, 0) is 18.2 Å². The van der Waals surface area contributed by atoms with Crippen LogP contribution in [0.3, 0.4) is 0 Å². The average molecular weight is 234 g/mol. The number of amides is 1. The van der Waals surface area contributed by atoms with E-state index < -0.39 is 4.71 Å². The molecule has 1 atom stereocenters. The van der Waals surface area contributed by atoms with Crippen LogP contribution < -0.4 is 5.32 Å². The van der Waals surface area contributed by atoms with E-state index in [1.807, 2.05) is 6.07 Å². The van der Waals surface area contributed by atoms with Crippen molar-refractivity contribution in [3.8, 4) is 0 Å². The van der Waals surface area contributed by atoms with E-state index in [9.17, 15) is 4.79 Å². The Hall–Kier alpha value is -0.380. The predicted octanol–water partition coefficient (Wildman–Crippen LogP) is 2.95. The van der Waals surface area contributed by atoms with Gasteiger partial charge in [0.15, 0.2) is 4.71 Å². The second-order valence-electron chi connectivity index (χ2n) is 2.56. The maximum Gasteiger partial charge on any atom is 0.253 e. The van der Waals surface area contributed by atoms with Gasteiger partial charge in [0, 0.05) is 9.92 Å². The molecule has 0 bridgehead atoms. The van der Waals surface area contributed by atoms with Crippen molar-refractivity contribution in [1.82, 2.24) is 0 Å². The zero-order chi connectivity index (χ0) is 9.42. The second-order valence-corrected chi connectivity index (χ2v) is 4.84. The van der Waals surface area contributed by atoms with Gasteiger partial charge in [-0.15, -0.1) is 0 Å². The Labute approximate surface area is 89.6 Å². The van der Waals surface area contributed by atoms with E-state index in [4.69, 9.17) is 23.2 Å². The van der Waals surface area contributed by atoms with Crippen LogP contribution in [0.5, 0.6) is 0 Å². The maximum absolute atomic E-state index is 11.2. The Morgan fingerprint density at radius 2 is 2.23 bits per heavy atom. The highest BCUT2D eigenvalue weighted by Gasteiger charge is 2.24. The number of hydrogen-bond donors (Lipinski definition) is 1. The summed E-state index contributed by atoms with van der Waals surface area (Å²) >= 11 is 12.8. The van der Waals surface area contributed by atoms with Crippen molar-refractivity contribution in [1.29, 1.82) is 0 Å². The minimum absolute atomic E-state index is 0.193. The van der Waals surface area contributed by atoms with Gasteiger partial charge in [-0.1, -0.05) is 35.0 Å². The molecule has 0 aromatic heterocycles. The first kappa shape index (κ1) is 9.19. The quantitative estimate of drug-likeness (QED) is 0.699. The van der Waals surface area contributed by atoms with E-state index in [2.05, 4.69) is 5.32 Å². The minimum atomic E-state index is -0.548. The van der Waals surface area contributed by atoms with Crippen LogP contribution in [0.1, 0.15) is 0 Å². The van der Waals surface area contributed by atoms with E-state index in [-0.39, 0.29) is 5.91 Å². The van der Waals surface area contributed by atoms with Gasteiger partial charge < -0.3 is 5.32 Å². The number of hydrogen-bond acceptors (Lipinski definition) is 2. The maximum atomic E-state index is 11.2. The van der Waals surface area contributed by atoms with Crippen molar-refractivity contribution in [2.24, 2.45) is 0 Å². The zero-order valence-electron chi connectivity index (χ0n) is 6.38. The van der Waals surface area contributed by atoms with Crippen molar-refractivity contribution in [3.05, 3.63) is 23.2 Å². The fraction of sp³-hybridized carbons (Fsp3) is 0.125. The number of carbonyl (C=O) groups is 1. The largest absolute Gasteiger partial charge is 0.323 e.